The normalized spacial score (nSPS) is 11.2. The van der Waals surface area contributed by atoms with Crippen molar-refractivity contribution < 1.29 is 12.8 Å². The predicted molar refractivity (Wildman–Crippen MR) is 68.7 cm³/mol. The van der Waals surface area contributed by atoms with Gasteiger partial charge in [-0.3, -0.25) is 4.72 Å². The third-order valence-corrected chi connectivity index (χ3v) is 3.84. The fourth-order valence-corrected chi connectivity index (χ4v) is 2.63. The Balaban J connectivity index is 2.37. The summed E-state index contributed by atoms with van der Waals surface area (Å²) in [7, 11) is -3.80. The standard InChI is InChI=1S/C12H9ClFNO2S/c13-9-6-7-11(14)12(8-9)15-18(16,17)10-4-2-1-3-5-10/h1-8,15H. The molecule has 18 heavy (non-hydrogen) atoms. The van der Waals surface area contributed by atoms with Crippen LogP contribution in [0.5, 0.6) is 0 Å². The van der Waals surface area contributed by atoms with Crippen molar-refractivity contribution in [2.45, 2.75) is 4.90 Å². The van der Waals surface area contributed by atoms with Crippen LogP contribution in [0.15, 0.2) is 53.4 Å². The van der Waals surface area contributed by atoms with Crippen LogP contribution in [-0.4, -0.2) is 8.42 Å². The van der Waals surface area contributed by atoms with Gasteiger partial charge < -0.3 is 0 Å². The summed E-state index contributed by atoms with van der Waals surface area (Å²) in [4.78, 5) is 0.0596. The minimum atomic E-state index is -3.80. The van der Waals surface area contributed by atoms with E-state index in [2.05, 4.69) is 4.72 Å². The van der Waals surface area contributed by atoms with Crippen molar-refractivity contribution >= 4 is 27.3 Å². The lowest BCUT2D eigenvalue weighted by Gasteiger charge is -2.09. The van der Waals surface area contributed by atoms with Crippen LogP contribution in [0.2, 0.25) is 5.02 Å². The highest BCUT2D eigenvalue weighted by molar-refractivity contribution is 7.92. The van der Waals surface area contributed by atoms with Crippen molar-refractivity contribution in [1.82, 2.24) is 0 Å². The average Bonchev–Trinajstić information content (AvgIpc) is 2.35. The second-order valence-corrected chi connectivity index (χ2v) is 5.66. The molecule has 0 radical (unpaired) electrons. The van der Waals surface area contributed by atoms with E-state index in [-0.39, 0.29) is 15.6 Å². The van der Waals surface area contributed by atoms with Gasteiger partial charge in [0.2, 0.25) is 0 Å². The maximum atomic E-state index is 13.4. The third-order valence-electron chi connectivity index (χ3n) is 2.23. The van der Waals surface area contributed by atoms with E-state index in [9.17, 15) is 12.8 Å². The monoisotopic (exact) mass is 285 g/mol. The minimum absolute atomic E-state index is 0.0596. The highest BCUT2D eigenvalue weighted by Crippen LogP contribution is 2.22. The number of anilines is 1. The molecule has 2 aromatic rings. The van der Waals surface area contributed by atoms with Crippen molar-refractivity contribution in [1.29, 1.82) is 0 Å². The molecule has 0 aromatic heterocycles. The van der Waals surface area contributed by atoms with E-state index in [1.165, 1.54) is 24.3 Å². The molecule has 0 aliphatic rings. The SMILES string of the molecule is O=S(=O)(Nc1cc(Cl)ccc1F)c1ccccc1. The van der Waals surface area contributed by atoms with Gasteiger partial charge in [0.25, 0.3) is 10.0 Å². The number of rotatable bonds is 3. The second-order valence-electron chi connectivity index (χ2n) is 3.54. The molecular formula is C12H9ClFNO2S. The first-order valence-corrected chi connectivity index (χ1v) is 6.88. The lowest BCUT2D eigenvalue weighted by atomic mass is 10.3. The van der Waals surface area contributed by atoms with E-state index in [0.29, 0.717) is 0 Å². The minimum Gasteiger partial charge on any atom is -0.277 e. The summed E-state index contributed by atoms with van der Waals surface area (Å²) >= 11 is 5.69. The van der Waals surface area contributed by atoms with Gasteiger partial charge in [-0.15, -0.1) is 0 Å². The molecular weight excluding hydrogens is 277 g/mol. The fourth-order valence-electron chi connectivity index (χ4n) is 1.38. The first kappa shape index (κ1) is 12.9. The van der Waals surface area contributed by atoms with Crippen molar-refractivity contribution in [3.05, 3.63) is 59.4 Å². The van der Waals surface area contributed by atoms with Crippen molar-refractivity contribution in [2.24, 2.45) is 0 Å². The largest absolute Gasteiger partial charge is 0.277 e. The van der Waals surface area contributed by atoms with E-state index in [1.54, 1.807) is 18.2 Å². The number of halogens is 2. The molecule has 0 unspecified atom stereocenters. The van der Waals surface area contributed by atoms with Gasteiger partial charge in [-0.25, -0.2) is 12.8 Å². The van der Waals surface area contributed by atoms with Crippen LogP contribution in [0, 0.1) is 5.82 Å². The van der Waals surface area contributed by atoms with Crippen molar-refractivity contribution in [2.75, 3.05) is 4.72 Å². The molecule has 6 heteroatoms. The van der Waals surface area contributed by atoms with Gasteiger partial charge in [0.1, 0.15) is 5.82 Å². The maximum Gasteiger partial charge on any atom is 0.261 e. The number of benzene rings is 2. The molecule has 0 heterocycles. The topological polar surface area (TPSA) is 46.2 Å². The summed E-state index contributed by atoms with van der Waals surface area (Å²) in [5.74, 6) is -0.682. The molecule has 2 aromatic carbocycles. The van der Waals surface area contributed by atoms with Gasteiger partial charge in [0, 0.05) is 5.02 Å². The third kappa shape index (κ3) is 2.80. The molecule has 0 spiro atoms. The van der Waals surface area contributed by atoms with Gasteiger partial charge in [-0.05, 0) is 30.3 Å². The van der Waals surface area contributed by atoms with Crippen LogP contribution in [0.4, 0.5) is 10.1 Å². The van der Waals surface area contributed by atoms with Crippen LogP contribution >= 0.6 is 11.6 Å². The van der Waals surface area contributed by atoms with Crippen LogP contribution < -0.4 is 4.72 Å². The van der Waals surface area contributed by atoms with Gasteiger partial charge >= 0.3 is 0 Å². The van der Waals surface area contributed by atoms with Gasteiger partial charge in [0.15, 0.2) is 0 Å². The molecule has 0 bridgehead atoms. The Bertz CT molecular complexity index is 659. The first-order chi connectivity index (χ1) is 8.49. The number of hydrogen-bond donors (Lipinski definition) is 1. The number of hydrogen-bond acceptors (Lipinski definition) is 2. The van der Waals surface area contributed by atoms with Gasteiger partial charge in [-0.2, -0.15) is 0 Å². The summed E-state index contributed by atoms with van der Waals surface area (Å²) in [5, 5.41) is 0.252. The van der Waals surface area contributed by atoms with Crippen LogP contribution in [0.3, 0.4) is 0 Å². The highest BCUT2D eigenvalue weighted by Gasteiger charge is 2.15. The Hall–Kier alpha value is -1.59. The fraction of sp³-hybridized carbons (Fsp3) is 0. The number of nitrogens with one attached hydrogen (secondary N) is 1. The highest BCUT2D eigenvalue weighted by atomic mass is 35.5. The second kappa shape index (κ2) is 4.96. The van der Waals surface area contributed by atoms with E-state index in [0.717, 1.165) is 6.07 Å². The Labute approximate surface area is 109 Å². The maximum absolute atomic E-state index is 13.4. The molecule has 0 amide bonds. The van der Waals surface area contributed by atoms with Crippen LogP contribution in [-0.2, 0) is 10.0 Å². The molecule has 0 aliphatic carbocycles. The Kier molecular flexibility index (Phi) is 3.54. The smallest absolute Gasteiger partial charge is 0.261 e. The van der Waals surface area contributed by atoms with E-state index >= 15 is 0 Å². The first-order valence-electron chi connectivity index (χ1n) is 5.02. The van der Waals surface area contributed by atoms with Gasteiger partial charge in [0.05, 0.1) is 10.6 Å². The van der Waals surface area contributed by atoms with Crippen LogP contribution in [0.1, 0.15) is 0 Å². The molecule has 1 N–H and O–H groups in total. The summed E-state index contributed by atoms with van der Waals surface area (Å²) in [6, 6.07) is 11.4. The zero-order valence-corrected chi connectivity index (χ0v) is 10.7. The molecule has 0 aliphatic heterocycles. The van der Waals surface area contributed by atoms with Crippen molar-refractivity contribution in [3.63, 3.8) is 0 Å². The van der Waals surface area contributed by atoms with Crippen LogP contribution in [0.25, 0.3) is 0 Å². The molecule has 0 saturated heterocycles. The molecule has 0 atom stereocenters. The van der Waals surface area contributed by atoms with E-state index in [4.69, 9.17) is 11.6 Å². The summed E-state index contributed by atoms with van der Waals surface area (Å²) in [5.41, 5.74) is -0.175. The molecule has 0 fully saturated rings. The van der Waals surface area contributed by atoms with Crippen molar-refractivity contribution in [3.8, 4) is 0 Å². The average molecular weight is 286 g/mol. The zero-order chi connectivity index (χ0) is 13.2. The molecule has 0 saturated carbocycles. The number of sulfonamides is 1. The molecule has 2 rings (SSSR count). The predicted octanol–water partition coefficient (Wildman–Crippen LogP) is 3.28. The Morgan fingerprint density at radius 1 is 1.06 bits per heavy atom. The Morgan fingerprint density at radius 2 is 1.72 bits per heavy atom. The summed E-state index contributed by atoms with van der Waals surface area (Å²) < 4.78 is 39.5. The molecule has 3 nitrogen and oxygen atoms in total. The lowest BCUT2D eigenvalue weighted by molar-refractivity contribution is 0.598. The van der Waals surface area contributed by atoms with E-state index < -0.39 is 15.8 Å². The quantitative estimate of drug-likeness (QED) is 0.941. The van der Waals surface area contributed by atoms with E-state index in [1.807, 2.05) is 0 Å². The zero-order valence-electron chi connectivity index (χ0n) is 9.10. The summed E-state index contributed by atoms with van der Waals surface area (Å²) in [6.07, 6.45) is 0. The van der Waals surface area contributed by atoms with Gasteiger partial charge in [-0.1, -0.05) is 29.8 Å². The Morgan fingerprint density at radius 3 is 2.39 bits per heavy atom. The summed E-state index contributed by atoms with van der Waals surface area (Å²) in [6.45, 7) is 0. The molecule has 94 valence electrons. The lowest BCUT2D eigenvalue weighted by Crippen LogP contribution is -2.13.